The molecule has 2 amide bonds. The molecule has 0 bridgehead atoms. The molecule has 0 aliphatic carbocycles. The Hall–Kier alpha value is -1.59. The predicted octanol–water partition coefficient (Wildman–Crippen LogP) is 3.93. The monoisotopic (exact) mass is 379 g/mol. The summed E-state index contributed by atoms with van der Waals surface area (Å²) in [5.41, 5.74) is 0.955. The topological polar surface area (TPSA) is 61.4 Å². The SMILES string of the molecule is CCCN(C(=O)c1cc(NC(=O)CC(C)(C)C)ccc1Cl)C1CCNC1. The van der Waals surface area contributed by atoms with E-state index in [-0.39, 0.29) is 23.3 Å². The van der Waals surface area contributed by atoms with E-state index in [9.17, 15) is 9.59 Å². The minimum Gasteiger partial charge on any atom is -0.334 e. The molecule has 1 saturated heterocycles. The number of nitrogens with zero attached hydrogens (tertiary/aromatic N) is 1. The fourth-order valence-corrected chi connectivity index (χ4v) is 3.40. The van der Waals surface area contributed by atoms with Crippen molar-refractivity contribution in [3.8, 4) is 0 Å². The van der Waals surface area contributed by atoms with Crippen molar-refractivity contribution in [2.24, 2.45) is 5.41 Å². The number of halogens is 1. The standard InChI is InChI=1S/C20H30ClN3O2/c1-5-10-24(15-8-9-22-13-15)19(26)16-11-14(6-7-17(16)21)23-18(25)12-20(2,3)4/h6-7,11,15,22H,5,8-10,12-13H2,1-4H3,(H,23,25). The maximum atomic E-state index is 13.1. The van der Waals surface area contributed by atoms with Gasteiger partial charge in [0.25, 0.3) is 5.91 Å². The van der Waals surface area contributed by atoms with Gasteiger partial charge in [0.1, 0.15) is 0 Å². The summed E-state index contributed by atoms with van der Waals surface area (Å²) in [7, 11) is 0. The number of carbonyl (C=O) groups is 2. The lowest BCUT2D eigenvalue weighted by Gasteiger charge is -2.28. The van der Waals surface area contributed by atoms with Gasteiger partial charge in [-0.25, -0.2) is 0 Å². The summed E-state index contributed by atoms with van der Waals surface area (Å²) in [5, 5.41) is 6.60. The first-order valence-electron chi connectivity index (χ1n) is 9.32. The molecule has 1 fully saturated rings. The second-order valence-electron chi connectivity index (χ2n) is 8.13. The molecule has 0 aromatic heterocycles. The Bertz CT molecular complexity index is 649. The summed E-state index contributed by atoms with van der Waals surface area (Å²) < 4.78 is 0. The average Bonchev–Trinajstić information content (AvgIpc) is 3.06. The normalized spacial score (nSPS) is 17.2. The highest BCUT2D eigenvalue weighted by atomic mass is 35.5. The molecule has 0 spiro atoms. The molecular weight excluding hydrogens is 350 g/mol. The van der Waals surface area contributed by atoms with Crippen molar-refractivity contribution in [1.82, 2.24) is 10.2 Å². The van der Waals surface area contributed by atoms with Crippen LogP contribution >= 0.6 is 11.6 Å². The van der Waals surface area contributed by atoms with Crippen LogP contribution in [0.1, 0.15) is 57.3 Å². The third kappa shape index (κ3) is 5.71. The van der Waals surface area contributed by atoms with Gasteiger partial charge in [0.05, 0.1) is 10.6 Å². The maximum Gasteiger partial charge on any atom is 0.255 e. The summed E-state index contributed by atoms with van der Waals surface area (Å²) >= 11 is 6.31. The van der Waals surface area contributed by atoms with Gasteiger partial charge in [-0.15, -0.1) is 0 Å². The zero-order chi connectivity index (χ0) is 19.3. The van der Waals surface area contributed by atoms with E-state index < -0.39 is 0 Å². The lowest BCUT2D eigenvalue weighted by molar-refractivity contribution is -0.117. The van der Waals surface area contributed by atoms with E-state index in [0.29, 0.717) is 29.2 Å². The number of nitrogens with one attached hydrogen (secondary N) is 2. The Labute approximate surface area is 161 Å². The number of hydrogen-bond acceptors (Lipinski definition) is 3. The molecule has 2 N–H and O–H groups in total. The van der Waals surface area contributed by atoms with Crippen molar-refractivity contribution in [3.63, 3.8) is 0 Å². The molecule has 1 aliphatic heterocycles. The number of benzene rings is 1. The van der Waals surface area contributed by atoms with Crippen LogP contribution in [0.2, 0.25) is 5.02 Å². The number of anilines is 1. The summed E-state index contributed by atoms with van der Waals surface area (Å²) in [6.45, 7) is 10.5. The number of amides is 2. The maximum absolute atomic E-state index is 13.1. The van der Waals surface area contributed by atoms with Crippen molar-refractivity contribution in [2.45, 2.75) is 53.0 Å². The van der Waals surface area contributed by atoms with E-state index in [1.54, 1.807) is 18.2 Å². The highest BCUT2D eigenvalue weighted by Crippen LogP contribution is 2.25. The van der Waals surface area contributed by atoms with Crippen LogP contribution in [0.3, 0.4) is 0 Å². The van der Waals surface area contributed by atoms with Crippen molar-refractivity contribution in [1.29, 1.82) is 0 Å². The van der Waals surface area contributed by atoms with Gasteiger partial charge in [-0.2, -0.15) is 0 Å². The molecule has 1 atom stereocenters. The van der Waals surface area contributed by atoms with Gasteiger partial charge in [-0.05, 0) is 43.0 Å². The molecule has 26 heavy (non-hydrogen) atoms. The van der Waals surface area contributed by atoms with Crippen LogP contribution < -0.4 is 10.6 Å². The summed E-state index contributed by atoms with van der Waals surface area (Å²) in [6.07, 6.45) is 2.25. The first kappa shape index (κ1) is 20.7. The van der Waals surface area contributed by atoms with Crippen molar-refractivity contribution >= 4 is 29.1 Å². The molecule has 1 aromatic rings. The van der Waals surface area contributed by atoms with E-state index in [1.165, 1.54) is 0 Å². The van der Waals surface area contributed by atoms with Gasteiger partial charge in [0.2, 0.25) is 5.91 Å². The van der Waals surface area contributed by atoms with Crippen LogP contribution in [0.25, 0.3) is 0 Å². The van der Waals surface area contributed by atoms with Crippen molar-refractivity contribution < 1.29 is 9.59 Å². The third-order valence-electron chi connectivity index (χ3n) is 4.37. The average molecular weight is 380 g/mol. The van der Waals surface area contributed by atoms with Crippen LogP contribution in [0.4, 0.5) is 5.69 Å². The molecule has 1 heterocycles. The van der Waals surface area contributed by atoms with Crippen LogP contribution in [-0.4, -0.2) is 42.4 Å². The van der Waals surface area contributed by atoms with Gasteiger partial charge in [0, 0.05) is 31.2 Å². The lowest BCUT2D eigenvalue weighted by atomic mass is 9.92. The Morgan fingerprint density at radius 3 is 2.65 bits per heavy atom. The predicted molar refractivity (Wildman–Crippen MR) is 107 cm³/mol. The Balaban J connectivity index is 2.19. The van der Waals surface area contributed by atoms with Crippen LogP contribution in [0, 0.1) is 5.41 Å². The first-order chi connectivity index (χ1) is 12.2. The minimum absolute atomic E-state index is 0.0661. The minimum atomic E-state index is -0.0947. The molecular formula is C20H30ClN3O2. The number of hydrogen-bond donors (Lipinski definition) is 2. The van der Waals surface area contributed by atoms with E-state index in [2.05, 4.69) is 17.6 Å². The van der Waals surface area contributed by atoms with Gasteiger partial charge in [0.15, 0.2) is 0 Å². The second-order valence-corrected chi connectivity index (χ2v) is 8.53. The molecule has 1 unspecified atom stereocenters. The fraction of sp³-hybridized carbons (Fsp3) is 0.600. The summed E-state index contributed by atoms with van der Waals surface area (Å²) in [6, 6.07) is 5.30. The molecule has 0 radical (unpaired) electrons. The molecule has 5 nitrogen and oxygen atoms in total. The molecule has 144 valence electrons. The van der Waals surface area contributed by atoms with Gasteiger partial charge < -0.3 is 15.5 Å². The van der Waals surface area contributed by atoms with Crippen LogP contribution in [-0.2, 0) is 4.79 Å². The molecule has 1 aliphatic rings. The zero-order valence-corrected chi connectivity index (χ0v) is 16.9. The van der Waals surface area contributed by atoms with E-state index in [4.69, 9.17) is 11.6 Å². The molecule has 6 heteroatoms. The summed E-state index contributed by atoms with van der Waals surface area (Å²) in [4.78, 5) is 27.2. The first-order valence-corrected chi connectivity index (χ1v) is 9.70. The summed E-state index contributed by atoms with van der Waals surface area (Å²) in [5.74, 6) is -0.138. The smallest absolute Gasteiger partial charge is 0.255 e. The lowest BCUT2D eigenvalue weighted by Crippen LogP contribution is -2.42. The fourth-order valence-electron chi connectivity index (χ4n) is 3.20. The Morgan fingerprint density at radius 1 is 1.35 bits per heavy atom. The van der Waals surface area contributed by atoms with Crippen molar-refractivity contribution in [3.05, 3.63) is 28.8 Å². The van der Waals surface area contributed by atoms with E-state index in [0.717, 1.165) is 25.9 Å². The van der Waals surface area contributed by atoms with Crippen LogP contribution in [0.5, 0.6) is 0 Å². The molecule has 1 aromatic carbocycles. The Kier molecular flexibility index (Phi) is 7.07. The Morgan fingerprint density at radius 2 is 2.08 bits per heavy atom. The quantitative estimate of drug-likeness (QED) is 0.787. The largest absolute Gasteiger partial charge is 0.334 e. The van der Waals surface area contributed by atoms with Gasteiger partial charge in [-0.1, -0.05) is 39.3 Å². The molecule has 2 rings (SSSR count). The second kappa shape index (κ2) is 8.87. The third-order valence-corrected chi connectivity index (χ3v) is 4.70. The zero-order valence-electron chi connectivity index (χ0n) is 16.2. The van der Waals surface area contributed by atoms with Crippen molar-refractivity contribution in [2.75, 3.05) is 25.0 Å². The number of carbonyl (C=O) groups excluding carboxylic acids is 2. The van der Waals surface area contributed by atoms with E-state index in [1.807, 2.05) is 25.7 Å². The highest BCUT2D eigenvalue weighted by Gasteiger charge is 2.28. The number of rotatable bonds is 6. The highest BCUT2D eigenvalue weighted by molar-refractivity contribution is 6.34. The van der Waals surface area contributed by atoms with E-state index >= 15 is 0 Å². The van der Waals surface area contributed by atoms with Gasteiger partial charge >= 0.3 is 0 Å². The molecule has 0 saturated carbocycles. The van der Waals surface area contributed by atoms with Crippen LogP contribution in [0.15, 0.2) is 18.2 Å². The van der Waals surface area contributed by atoms with Gasteiger partial charge in [-0.3, -0.25) is 9.59 Å².